The predicted molar refractivity (Wildman–Crippen MR) is 98.5 cm³/mol. The molecule has 2 aromatic carbocycles. The lowest BCUT2D eigenvalue weighted by Gasteiger charge is -2.17. The molecule has 0 aliphatic carbocycles. The minimum atomic E-state index is -0.464. The number of carbonyl (C=O) groups excluding carboxylic acids is 2. The van der Waals surface area contributed by atoms with Gasteiger partial charge in [0.25, 0.3) is 0 Å². The van der Waals surface area contributed by atoms with E-state index in [-0.39, 0.29) is 18.2 Å². The molecular weight excluding hydrogens is 363 g/mol. The molecule has 1 atom stereocenters. The Morgan fingerprint density at radius 2 is 2.04 bits per heavy atom. The van der Waals surface area contributed by atoms with Crippen LogP contribution in [0.2, 0.25) is 10.0 Å². The fourth-order valence-electron chi connectivity index (χ4n) is 2.74. The topological polar surface area (TPSA) is 58.6 Å². The van der Waals surface area contributed by atoms with Crippen LogP contribution in [-0.2, 0) is 9.59 Å². The highest BCUT2D eigenvalue weighted by Crippen LogP contribution is 2.30. The van der Waals surface area contributed by atoms with Crippen molar-refractivity contribution in [2.24, 2.45) is 5.92 Å². The van der Waals surface area contributed by atoms with E-state index in [4.69, 9.17) is 27.9 Å². The number of halogens is 2. The molecular formula is C18H16Cl2N2O3. The number of nitrogens with zero attached hydrogens (tertiary/aromatic N) is 1. The Kier molecular flexibility index (Phi) is 5.16. The lowest BCUT2D eigenvalue weighted by Crippen LogP contribution is -2.28. The first-order valence-electron chi connectivity index (χ1n) is 7.68. The summed E-state index contributed by atoms with van der Waals surface area (Å²) in [6, 6.07) is 12.0. The monoisotopic (exact) mass is 378 g/mol. The molecule has 5 nitrogen and oxygen atoms in total. The first-order valence-corrected chi connectivity index (χ1v) is 8.44. The van der Waals surface area contributed by atoms with Gasteiger partial charge in [0.15, 0.2) is 0 Å². The van der Waals surface area contributed by atoms with Crippen LogP contribution in [0.1, 0.15) is 6.42 Å². The molecule has 2 aromatic rings. The van der Waals surface area contributed by atoms with E-state index >= 15 is 0 Å². The van der Waals surface area contributed by atoms with Gasteiger partial charge in [0.05, 0.1) is 23.7 Å². The third kappa shape index (κ3) is 3.89. The Morgan fingerprint density at radius 1 is 1.24 bits per heavy atom. The molecule has 25 heavy (non-hydrogen) atoms. The largest absolute Gasteiger partial charge is 0.497 e. The normalized spacial score (nSPS) is 16.8. The van der Waals surface area contributed by atoms with Crippen LogP contribution in [0.15, 0.2) is 42.5 Å². The highest BCUT2D eigenvalue weighted by molar-refractivity contribution is 6.35. The second kappa shape index (κ2) is 7.33. The van der Waals surface area contributed by atoms with Crippen molar-refractivity contribution >= 4 is 46.4 Å². The van der Waals surface area contributed by atoms with Crippen molar-refractivity contribution in [1.29, 1.82) is 0 Å². The third-order valence-electron chi connectivity index (χ3n) is 4.05. The van der Waals surface area contributed by atoms with Gasteiger partial charge >= 0.3 is 0 Å². The Morgan fingerprint density at radius 3 is 2.80 bits per heavy atom. The average Bonchev–Trinajstić information content (AvgIpc) is 3.00. The zero-order valence-electron chi connectivity index (χ0n) is 13.5. The third-order valence-corrected chi connectivity index (χ3v) is 4.61. The van der Waals surface area contributed by atoms with Gasteiger partial charge in [0, 0.05) is 29.7 Å². The number of hydrogen-bond donors (Lipinski definition) is 1. The highest BCUT2D eigenvalue weighted by Gasteiger charge is 2.35. The summed E-state index contributed by atoms with van der Waals surface area (Å²) in [5.74, 6) is -0.175. The number of benzene rings is 2. The number of rotatable bonds is 4. The summed E-state index contributed by atoms with van der Waals surface area (Å²) >= 11 is 12.0. The van der Waals surface area contributed by atoms with Crippen LogP contribution in [0, 0.1) is 5.92 Å². The Labute approximate surface area is 155 Å². The first kappa shape index (κ1) is 17.6. The molecule has 1 fully saturated rings. The molecule has 1 aliphatic rings. The Bertz CT molecular complexity index is 826. The maximum absolute atomic E-state index is 12.5. The van der Waals surface area contributed by atoms with E-state index in [0.29, 0.717) is 33.7 Å². The van der Waals surface area contributed by atoms with Crippen LogP contribution in [0.4, 0.5) is 11.4 Å². The van der Waals surface area contributed by atoms with E-state index in [0.717, 1.165) is 0 Å². The molecule has 1 aliphatic heterocycles. The predicted octanol–water partition coefficient (Wildman–Crippen LogP) is 3.99. The van der Waals surface area contributed by atoms with E-state index in [2.05, 4.69) is 5.32 Å². The molecule has 0 bridgehead atoms. The molecule has 7 heteroatoms. The van der Waals surface area contributed by atoms with Crippen LogP contribution in [0.25, 0.3) is 0 Å². The maximum Gasteiger partial charge on any atom is 0.229 e. The molecule has 0 unspecified atom stereocenters. The van der Waals surface area contributed by atoms with Gasteiger partial charge in [-0.3, -0.25) is 9.59 Å². The van der Waals surface area contributed by atoms with Crippen LogP contribution in [0.3, 0.4) is 0 Å². The van der Waals surface area contributed by atoms with Crippen molar-refractivity contribution in [3.05, 3.63) is 52.5 Å². The minimum absolute atomic E-state index is 0.106. The SMILES string of the molecule is COc1cccc(N2C[C@@H](C(=O)Nc3cc(Cl)ccc3Cl)CC2=O)c1. The van der Waals surface area contributed by atoms with E-state index in [1.54, 1.807) is 48.4 Å². The average molecular weight is 379 g/mol. The van der Waals surface area contributed by atoms with Crippen LogP contribution in [-0.4, -0.2) is 25.5 Å². The van der Waals surface area contributed by atoms with Gasteiger partial charge in [-0.15, -0.1) is 0 Å². The second-order valence-corrected chi connectivity index (χ2v) is 6.56. The number of nitrogens with one attached hydrogen (secondary N) is 1. The zero-order chi connectivity index (χ0) is 18.0. The van der Waals surface area contributed by atoms with Crippen molar-refractivity contribution in [3.63, 3.8) is 0 Å². The summed E-state index contributed by atoms with van der Waals surface area (Å²) < 4.78 is 5.18. The van der Waals surface area contributed by atoms with Gasteiger partial charge < -0.3 is 15.0 Å². The van der Waals surface area contributed by atoms with Crippen molar-refractivity contribution < 1.29 is 14.3 Å². The number of methoxy groups -OCH3 is 1. The van der Waals surface area contributed by atoms with E-state index in [1.165, 1.54) is 0 Å². The lowest BCUT2D eigenvalue weighted by atomic mass is 10.1. The van der Waals surface area contributed by atoms with Crippen molar-refractivity contribution in [1.82, 2.24) is 0 Å². The molecule has 1 heterocycles. The smallest absolute Gasteiger partial charge is 0.229 e. The summed E-state index contributed by atoms with van der Waals surface area (Å²) in [5.41, 5.74) is 1.15. The van der Waals surface area contributed by atoms with Gasteiger partial charge in [0.1, 0.15) is 5.75 Å². The number of hydrogen-bond acceptors (Lipinski definition) is 3. The van der Waals surface area contributed by atoms with Gasteiger partial charge in [-0.1, -0.05) is 29.3 Å². The van der Waals surface area contributed by atoms with Crippen molar-refractivity contribution in [2.45, 2.75) is 6.42 Å². The summed E-state index contributed by atoms with van der Waals surface area (Å²) in [4.78, 5) is 26.4. The fourth-order valence-corrected chi connectivity index (χ4v) is 3.08. The summed E-state index contributed by atoms with van der Waals surface area (Å²) in [6.07, 6.45) is 0.140. The molecule has 2 amide bonds. The van der Waals surface area contributed by atoms with Gasteiger partial charge in [-0.05, 0) is 30.3 Å². The number of amides is 2. The Balaban J connectivity index is 1.73. The standard InChI is InChI=1S/C18H16Cl2N2O3/c1-25-14-4-2-3-13(9-14)22-10-11(7-17(22)23)18(24)21-16-8-12(19)5-6-15(16)20/h2-6,8-9,11H,7,10H2,1H3,(H,21,24)/t11-/m0/s1. The molecule has 0 saturated carbocycles. The first-order chi connectivity index (χ1) is 12.0. The number of carbonyl (C=O) groups is 2. The number of anilines is 2. The fraction of sp³-hybridized carbons (Fsp3) is 0.222. The van der Waals surface area contributed by atoms with Gasteiger partial charge in [-0.25, -0.2) is 0 Å². The summed E-state index contributed by atoms with van der Waals surface area (Å²) in [6.45, 7) is 0.302. The minimum Gasteiger partial charge on any atom is -0.497 e. The molecule has 0 radical (unpaired) electrons. The molecule has 1 saturated heterocycles. The molecule has 1 N–H and O–H groups in total. The second-order valence-electron chi connectivity index (χ2n) is 5.72. The van der Waals surface area contributed by atoms with E-state index < -0.39 is 5.92 Å². The number of ether oxygens (including phenoxy) is 1. The van der Waals surface area contributed by atoms with Crippen LogP contribution < -0.4 is 15.0 Å². The zero-order valence-corrected chi connectivity index (χ0v) is 15.0. The highest BCUT2D eigenvalue weighted by atomic mass is 35.5. The Hall–Kier alpha value is -2.24. The molecule has 130 valence electrons. The molecule has 3 rings (SSSR count). The van der Waals surface area contributed by atoms with E-state index in [9.17, 15) is 9.59 Å². The summed E-state index contributed by atoms with van der Waals surface area (Å²) in [7, 11) is 1.57. The molecule has 0 spiro atoms. The van der Waals surface area contributed by atoms with Gasteiger partial charge in [0.2, 0.25) is 11.8 Å². The van der Waals surface area contributed by atoms with Crippen LogP contribution in [0.5, 0.6) is 5.75 Å². The quantitative estimate of drug-likeness (QED) is 0.874. The van der Waals surface area contributed by atoms with E-state index in [1.807, 2.05) is 6.07 Å². The maximum atomic E-state index is 12.5. The van der Waals surface area contributed by atoms with Crippen molar-refractivity contribution in [2.75, 3.05) is 23.9 Å². The lowest BCUT2D eigenvalue weighted by molar-refractivity contribution is -0.122. The van der Waals surface area contributed by atoms with Crippen LogP contribution >= 0.6 is 23.2 Å². The summed E-state index contributed by atoms with van der Waals surface area (Å²) in [5, 5.41) is 3.62. The van der Waals surface area contributed by atoms with Crippen molar-refractivity contribution in [3.8, 4) is 5.75 Å². The van der Waals surface area contributed by atoms with Gasteiger partial charge in [-0.2, -0.15) is 0 Å². The molecule has 0 aromatic heterocycles.